The lowest BCUT2D eigenvalue weighted by Crippen LogP contribution is -2.21. The molecule has 0 spiro atoms. The minimum Gasteiger partial charge on any atom is -0.481 e. The van der Waals surface area contributed by atoms with E-state index in [-0.39, 0.29) is 18.0 Å². The predicted octanol–water partition coefficient (Wildman–Crippen LogP) is 3.29. The summed E-state index contributed by atoms with van der Waals surface area (Å²) >= 11 is 0. The van der Waals surface area contributed by atoms with E-state index in [4.69, 9.17) is 9.52 Å². The molecule has 1 heterocycles. The molecule has 1 N–H and O–H groups in total. The lowest BCUT2D eigenvalue weighted by molar-refractivity contribution is -0.136. The minimum atomic E-state index is -0.977. The summed E-state index contributed by atoms with van der Waals surface area (Å²) in [6.07, 6.45) is -0.214. The summed E-state index contributed by atoms with van der Waals surface area (Å²) in [6.45, 7) is 5.35. The fourth-order valence-electron chi connectivity index (χ4n) is 1.95. The first kappa shape index (κ1) is 13.3. The first-order valence-corrected chi connectivity index (χ1v) is 6.07. The zero-order chi connectivity index (χ0) is 14.2. The van der Waals surface area contributed by atoms with Crippen LogP contribution < -0.4 is 0 Å². The topological polar surface area (TPSA) is 67.5 Å². The normalized spacial score (nSPS) is 11.7. The van der Waals surface area contributed by atoms with E-state index in [2.05, 4.69) is 0 Å². The third-order valence-corrected chi connectivity index (χ3v) is 2.91. The van der Waals surface area contributed by atoms with Gasteiger partial charge in [-0.2, -0.15) is 0 Å². The average Bonchev–Trinajstić information content (AvgIpc) is 2.65. The van der Waals surface area contributed by atoms with Gasteiger partial charge in [0.1, 0.15) is 5.58 Å². The zero-order valence-corrected chi connectivity index (χ0v) is 11.2. The quantitative estimate of drug-likeness (QED) is 0.860. The van der Waals surface area contributed by atoms with Crippen molar-refractivity contribution in [2.24, 2.45) is 5.41 Å². The number of fused-ring (bicyclic) bond motifs is 1. The first-order chi connectivity index (χ1) is 8.80. The van der Waals surface area contributed by atoms with Gasteiger partial charge in [-0.25, -0.2) is 0 Å². The van der Waals surface area contributed by atoms with Crippen LogP contribution in [0.4, 0.5) is 0 Å². The number of furan rings is 1. The molecule has 2 rings (SSSR count). The zero-order valence-electron chi connectivity index (χ0n) is 11.2. The van der Waals surface area contributed by atoms with Crippen LogP contribution in [0.15, 0.2) is 28.7 Å². The highest BCUT2D eigenvalue weighted by molar-refractivity contribution is 6.04. The second-order valence-electron chi connectivity index (χ2n) is 5.56. The summed E-state index contributed by atoms with van der Waals surface area (Å²) < 4.78 is 5.58. The van der Waals surface area contributed by atoms with E-state index in [0.29, 0.717) is 16.5 Å². The molecule has 0 unspecified atom stereocenters. The first-order valence-electron chi connectivity index (χ1n) is 6.07. The Kier molecular flexibility index (Phi) is 3.18. The molecule has 19 heavy (non-hydrogen) atoms. The van der Waals surface area contributed by atoms with Crippen LogP contribution in [0.3, 0.4) is 0 Å². The van der Waals surface area contributed by atoms with E-state index in [1.54, 1.807) is 45.0 Å². The van der Waals surface area contributed by atoms with Gasteiger partial charge in [0.2, 0.25) is 5.78 Å². The molecule has 100 valence electrons. The molecule has 0 saturated carbocycles. The lowest BCUT2D eigenvalue weighted by Gasteiger charge is -2.15. The third-order valence-electron chi connectivity index (χ3n) is 2.91. The van der Waals surface area contributed by atoms with Crippen LogP contribution in [0.25, 0.3) is 11.0 Å². The highest BCUT2D eigenvalue weighted by Crippen LogP contribution is 2.31. The maximum Gasteiger partial charge on any atom is 0.307 e. The Morgan fingerprint density at radius 2 is 1.84 bits per heavy atom. The number of ketones is 1. The number of hydrogen-bond acceptors (Lipinski definition) is 3. The van der Waals surface area contributed by atoms with E-state index in [1.165, 1.54) is 0 Å². The van der Waals surface area contributed by atoms with Gasteiger partial charge in [-0.3, -0.25) is 9.59 Å². The Morgan fingerprint density at radius 1 is 1.21 bits per heavy atom. The molecule has 1 aromatic heterocycles. The van der Waals surface area contributed by atoms with Crippen molar-refractivity contribution in [2.45, 2.75) is 27.2 Å². The second-order valence-corrected chi connectivity index (χ2v) is 5.56. The van der Waals surface area contributed by atoms with Gasteiger partial charge in [-0.05, 0) is 6.07 Å². The fourth-order valence-corrected chi connectivity index (χ4v) is 1.95. The molecule has 0 fully saturated rings. The summed E-state index contributed by atoms with van der Waals surface area (Å²) in [7, 11) is 0. The number of rotatable bonds is 3. The van der Waals surface area contributed by atoms with Crippen molar-refractivity contribution in [1.29, 1.82) is 0 Å². The van der Waals surface area contributed by atoms with Gasteiger partial charge in [0, 0.05) is 16.4 Å². The Bertz CT molecular complexity index is 644. The number of benzene rings is 1. The van der Waals surface area contributed by atoms with Gasteiger partial charge >= 0.3 is 5.97 Å². The van der Waals surface area contributed by atoms with Crippen LogP contribution >= 0.6 is 0 Å². The van der Waals surface area contributed by atoms with Crippen LogP contribution in [0.1, 0.15) is 36.9 Å². The molecule has 0 atom stereocenters. The van der Waals surface area contributed by atoms with Crippen LogP contribution in [0, 0.1) is 5.41 Å². The Hall–Kier alpha value is -2.10. The standard InChI is InChI=1S/C15H16O4/c1-15(2,3)14(18)13-10(8-12(16)17)9-6-4-5-7-11(9)19-13/h4-7H,8H2,1-3H3,(H,16,17). The van der Waals surface area contributed by atoms with E-state index in [1.807, 2.05) is 0 Å². The van der Waals surface area contributed by atoms with Crippen molar-refractivity contribution < 1.29 is 19.1 Å². The molecule has 0 aliphatic heterocycles. The molecular formula is C15H16O4. The van der Waals surface area contributed by atoms with Crippen molar-refractivity contribution in [1.82, 2.24) is 0 Å². The largest absolute Gasteiger partial charge is 0.481 e. The van der Waals surface area contributed by atoms with Gasteiger partial charge in [-0.15, -0.1) is 0 Å². The average molecular weight is 260 g/mol. The van der Waals surface area contributed by atoms with E-state index < -0.39 is 11.4 Å². The summed E-state index contributed by atoms with van der Waals surface area (Å²) in [6, 6.07) is 7.10. The Balaban J connectivity index is 2.65. The minimum absolute atomic E-state index is 0.163. The molecule has 0 amide bonds. The van der Waals surface area contributed by atoms with Crippen LogP contribution in [0.5, 0.6) is 0 Å². The Morgan fingerprint density at radius 3 is 2.42 bits per heavy atom. The van der Waals surface area contributed by atoms with Crippen molar-refractivity contribution >= 4 is 22.7 Å². The van der Waals surface area contributed by atoms with Gasteiger partial charge in [0.05, 0.1) is 6.42 Å². The van der Waals surface area contributed by atoms with Gasteiger partial charge in [0.15, 0.2) is 5.76 Å². The highest BCUT2D eigenvalue weighted by Gasteiger charge is 2.30. The van der Waals surface area contributed by atoms with Gasteiger partial charge in [-0.1, -0.05) is 39.0 Å². The smallest absolute Gasteiger partial charge is 0.307 e. The molecule has 4 heteroatoms. The SMILES string of the molecule is CC(C)(C)C(=O)c1oc2ccccc2c1CC(=O)O. The molecule has 4 nitrogen and oxygen atoms in total. The fraction of sp³-hybridized carbons (Fsp3) is 0.333. The molecular weight excluding hydrogens is 244 g/mol. The van der Waals surface area contributed by atoms with Crippen LogP contribution in [0.2, 0.25) is 0 Å². The number of para-hydroxylation sites is 1. The maximum atomic E-state index is 12.4. The number of carboxylic acids is 1. The Labute approximate surface area is 111 Å². The predicted molar refractivity (Wildman–Crippen MR) is 71.3 cm³/mol. The molecule has 0 bridgehead atoms. The second kappa shape index (κ2) is 4.53. The van der Waals surface area contributed by atoms with Crippen molar-refractivity contribution in [3.05, 3.63) is 35.6 Å². The van der Waals surface area contributed by atoms with Gasteiger partial charge < -0.3 is 9.52 Å². The molecule has 0 saturated heterocycles. The van der Waals surface area contributed by atoms with Crippen molar-refractivity contribution in [3.8, 4) is 0 Å². The number of carbonyl (C=O) groups excluding carboxylic acids is 1. The van der Waals surface area contributed by atoms with E-state index in [9.17, 15) is 9.59 Å². The number of carbonyl (C=O) groups is 2. The number of Topliss-reactive ketones (excluding diaryl/α,β-unsaturated/α-hetero) is 1. The number of carboxylic acid groups (broad SMARTS) is 1. The monoisotopic (exact) mass is 260 g/mol. The molecule has 0 radical (unpaired) electrons. The van der Waals surface area contributed by atoms with Crippen LogP contribution in [-0.4, -0.2) is 16.9 Å². The van der Waals surface area contributed by atoms with Crippen molar-refractivity contribution in [3.63, 3.8) is 0 Å². The van der Waals surface area contributed by atoms with E-state index in [0.717, 1.165) is 0 Å². The molecule has 0 aliphatic carbocycles. The van der Waals surface area contributed by atoms with Gasteiger partial charge in [0.25, 0.3) is 0 Å². The highest BCUT2D eigenvalue weighted by atomic mass is 16.4. The number of aliphatic carboxylic acids is 1. The molecule has 0 aliphatic rings. The summed E-state index contributed by atoms with van der Waals surface area (Å²) in [5, 5.41) is 9.69. The summed E-state index contributed by atoms with van der Waals surface area (Å²) in [5.41, 5.74) is 0.399. The summed E-state index contributed by atoms with van der Waals surface area (Å²) in [4.78, 5) is 23.3. The third kappa shape index (κ3) is 2.52. The van der Waals surface area contributed by atoms with E-state index >= 15 is 0 Å². The van der Waals surface area contributed by atoms with Crippen LogP contribution in [-0.2, 0) is 11.2 Å². The molecule has 1 aromatic carbocycles. The number of hydrogen-bond donors (Lipinski definition) is 1. The molecule has 2 aromatic rings. The summed E-state index contributed by atoms with van der Waals surface area (Å²) in [5.74, 6) is -0.995. The maximum absolute atomic E-state index is 12.4. The lowest BCUT2D eigenvalue weighted by atomic mass is 9.87. The van der Waals surface area contributed by atoms with Crippen molar-refractivity contribution in [2.75, 3.05) is 0 Å².